The number of thiophene rings is 1. The molecule has 1 aliphatic rings. The number of aliphatic hydroxyl groups is 1. The standard InChI is InChI=1S/C12H17NO2S/c1-8(7-14)13-12(15)11-6-9-4-2-3-5-10(9)16-11/h6,8,14H,2-5,7H2,1H3,(H,13,15)/t8-/m1/s1. The zero-order valence-electron chi connectivity index (χ0n) is 9.45. The van der Waals surface area contributed by atoms with Gasteiger partial charge in [-0.3, -0.25) is 4.79 Å². The summed E-state index contributed by atoms with van der Waals surface area (Å²) in [4.78, 5) is 14.0. The average molecular weight is 239 g/mol. The Balaban J connectivity index is 2.09. The van der Waals surface area contributed by atoms with Crippen LogP contribution in [0.15, 0.2) is 6.07 Å². The molecule has 2 N–H and O–H groups in total. The van der Waals surface area contributed by atoms with Crippen LogP contribution in [0.1, 0.15) is 39.9 Å². The lowest BCUT2D eigenvalue weighted by Gasteiger charge is -2.08. The van der Waals surface area contributed by atoms with Crippen LogP contribution in [-0.2, 0) is 12.8 Å². The second kappa shape index (κ2) is 4.97. The molecule has 0 aliphatic heterocycles. The van der Waals surface area contributed by atoms with Gasteiger partial charge in [0.1, 0.15) is 0 Å². The van der Waals surface area contributed by atoms with E-state index in [1.54, 1.807) is 18.3 Å². The Labute approximate surface area is 99.5 Å². The molecule has 3 nitrogen and oxygen atoms in total. The molecule has 16 heavy (non-hydrogen) atoms. The highest BCUT2D eigenvalue weighted by atomic mass is 32.1. The molecule has 0 unspecified atom stereocenters. The third-order valence-electron chi connectivity index (χ3n) is 2.87. The number of aryl methyl sites for hydroxylation is 2. The summed E-state index contributed by atoms with van der Waals surface area (Å²) in [6, 6.07) is 1.84. The Morgan fingerprint density at radius 3 is 3.00 bits per heavy atom. The maximum absolute atomic E-state index is 11.8. The van der Waals surface area contributed by atoms with Gasteiger partial charge in [-0.1, -0.05) is 0 Å². The van der Waals surface area contributed by atoms with Crippen LogP contribution in [-0.4, -0.2) is 23.7 Å². The Morgan fingerprint density at radius 1 is 1.56 bits per heavy atom. The minimum absolute atomic E-state index is 0.0170. The van der Waals surface area contributed by atoms with E-state index in [0.717, 1.165) is 17.7 Å². The fourth-order valence-corrected chi connectivity index (χ4v) is 3.10. The third-order valence-corrected chi connectivity index (χ3v) is 4.11. The van der Waals surface area contributed by atoms with Crippen LogP contribution in [0.2, 0.25) is 0 Å². The largest absolute Gasteiger partial charge is 0.394 e. The molecule has 0 saturated carbocycles. The van der Waals surface area contributed by atoms with E-state index in [4.69, 9.17) is 5.11 Å². The second-order valence-electron chi connectivity index (χ2n) is 4.32. The zero-order valence-corrected chi connectivity index (χ0v) is 10.3. The van der Waals surface area contributed by atoms with E-state index in [1.807, 2.05) is 6.07 Å². The average Bonchev–Trinajstić information content (AvgIpc) is 2.72. The van der Waals surface area contributed by atoms with Crippen LogP contribution in [0, 0.1) is 0 Å². The van der Waals surface area contributed by atoms with E-state index >= 15 is 0 Å². The maximum atomic E-state index is 11.8. The number of hydrogen-bond donors (Lipinski definition) is 2. The van der Waals surface area contributed by atoms with Gasteiger partial charge in [0.2, 0.25) is 0 Å². The lowest BCUT2D eigenvalue weighted by atomic mass is 9.99. The number of hydrogen-bond acceptors (Lipinski definition) is 3. The second-order valence-corrected chi connectivity index (χ2v) is 5.46. The molecule has 1 aliphatic carbocycles. The van der Waals surface area contributed by atoms with Crippen LogP contribution < -0.4 is 5.32 Å². The number of fused-ring (bicyclic) bond motifs is 1. The van der Waals surface area contributed by atoms with E-state index in [1.165, 1.54) is 23.3 Å². The summed E-state index contributed by atoms with van der Waals surface area (Å²) in [5, 5.41) is 11.7. The van der Waals surface area contributed by atoms with Crippen molar-refractivity contribution in [3.8, 4) is 0 Å². The summed E-state index contributed by atoms with van der Waals surface area (Å²) in [6.07, 6.45) is 4.69. The van der Waals surface area contributed by atoms with Gasteiger partial charge < -0.3 is 10.4 Å². The van der Waals surface area contributed by atoms with Gasteiger partial charge in [-0.2, -0.15) is 0 Å². The highest BCUT2D eigenvalue weighted by molar-refractivity contribution is 7.14. The van der Waals surface area contributed by atoms with Crippen LogP contribution in [0.4, 0.5) is 0 Å². The van der Waals surface area contributed by atoms with Crippen molar-refractivity contribution in [2.45, 2.75) is 38.6 Å². The summed E-state index contributed by atoms with van der Waals surface area (Å²) < 4.78 is 0. The van der Waals surface area contributed by atoms with Gasteiger partial charge in [-0.05, 0) is 44.2 Å². The van der Waals surface area contributed by atoms with E-state index in [-0.39, 0.29) is 18.6 Å². The number of nitrogens with one attached hydrogen (secondary N) is 1. The lowest BCUT2D eigenvalue weighted by molar-refractivity contribution is 0.0926. The molecule has 0 saturated heterocycles. The minimum atomic E-state index is -0.174. The lowest BCUT2D eigenvalue weighted by Crippen LogP contribution is -2.34. The summed E-state index contributed by atoms with van der Waals surface area (Å²) in [7, 11) is 0. The molecule has 1 atom stereocenters. The van der Waals surface area contributed by atoms with Crippen molar-refractivity contribution in [3.05, 3.63) is 21.4 Å². The topological polar surface area (TPSA) is 49.3 Å². The van der Waals surface area contributed by atoms with Crippen LogP contribution in [0.3, 0.4) is 0 Å². The molecule has 1 aromatic heterocycles. The molecule has 0 radical (unpaired) electrons. The quantitative estimate of drug-likeness (QED) is 0.844. The molecule has 0 bridgehead atoms. The van der Waals surface area contributed by atoms with E-state index < -0.39 is 0 Å². The molecule has 4 heteroatoms. The van der Waals surface area contributed by atoms with Crippen molar-refractivity contribution < 1.29 is 9.90 Å². The summed E-state index contributed by atoms with van der Waals surface area (Å²) in [5.41, 5.74) is 1.35. The highest BCUT2D eigenvalue weighted by Gasteiger charge is 2.17. The van der Waals surface area contributed by atoms with Gasteiger partial charge in [-0.25, -0.2) is 0 Å². The minimum Gasteiger partial charge on any atom is -0.394 e. The fraction of sp³-hybridized carbons (Fsp3) is 0.583. The van der Waals surface area contributed by atoms with Crippen LogP contribution in [0.25, 0.3) is 0 Å². The summed E-state index contributed by atoms with van der Waals surface area (Å²) in [6.45, 7) is 1.78. The van der Waals surface area contributed by atoms with Crippen molar-refractivity contribution in [2.75, 3.05) is 6.61 Å². The van der Waals surface area contributed by atoms with Crippen molar-refractivity contribution in [3.63, 3.8) is 0 Å². The van der Waals surface area contributed by atoms with Crippen molar-refractivity contribution in [1.82, 2.24) is 5.32 Å². The molecule has 1 aromatic rings. The summed E-state index contributed by atoms with van der Waals surface area (Å²) >= 11 is 1.60. The first-order valence-electron chi connectivity index (χ1n) is 5.74. The number of carbonyl (C=O) groups is 1. The third kappa shape index (κ3) is 2.44. The molecule has 88 valence electrons. The SMILES string of the molecule is C[C@H](CO)NC(=O)c1cc2c(s1)CCCC2. The van der Waals surface area contributed by atoms with Gasteiger partial charge >= 0.3 is 0 Å². The molecule has 0 aromatic carbocycles. The van der Waals surface area contributed by atoms with Gasteiger partial charge in [0.25, 0.3) is 5.91 Å². The van der Waals surface area contributed by atoms with Gasteiger partial charge in [0.15, 0.2) is 0 Å². The molecule has 0 spiro atoms. The predicted octanol–water partition coefficient (Wildman–Crippen LogP) is 1.74. The monoisotopic (exact) mass is 239 g/mol. The first-order chi connectivity index (χ1) is 7.70. The van der Waals surface area contributed by atoms with Crippen molar-refractivity contribution in [2.24, 2.45) is 0 Å². The normalized spacial score (nSPS) is 16.6. The van der Waals surface area contributed by atoms with E-state index in [2.05, 4.69) is 5.32 Å². The Morgan fingerprint density at radius 2 is 2.31 bits per heavy atom. The Hall–Kier alpha value is -0.870. The fourth-order valence-electron chi connectivity index (χ4n) is 1.94. The summed E-state index contributed by atoms with van der Waals surface area (Å²) in [5.74, 6) is -0.0547. The number of amides is 1. The van der Waals surface area contributed by atoms with E-state index in [0.29, 0.717) is 0 Å². The van der Waals surface area contributed by atoms with Crippen LogP contribution in [0.5, 0.6) is 0 Å². The predicted molar refractivity (Wildman–Crippen MR) is 65.0 cm³/mol. The zero-order chi connectivity index (χ0) is 11.5. The molecular weight excluding hydrogens is 222 g/mol. The molecule has 2 rings (SSSR count). The first kappa shape index (κ1) is 11.6. The van der Waals surface area contributed by atoms with Gasteiger partial charge in [0, 0.05) is 10.9 Å². The van der Waals surface area contributed by atoms with Crippen LogP contribution >= 0.6 is 11.3 Å². The van der Waals surface area contributed by atoms with Gasteiger partial charge in [0.05, 0.1) is 11.5 Å². The first-order valence-corrected chi connectivity index (χ1v) is 6.55. The highest BCUT2D eigenvalue weighted by Crippen LogP contribution is 2.29. The molecule has 0 fully saturated rings. The van der Waals surface area contributed by atoms with Crippen molar-refractivity contribution in [1.29, 1.82) is 0 Å². The Bertz CT molecular complexity index is 363. The van der Waals surface area contributed by atoms with Gasteiger partial charge in [-0.15, -0.1) is 11.3 Å². The number of carbonyl (C=O) groups excluding carboxylic acids is 1. The molecule has 1 amide bonds. The Kier molecular flexibility index (Phi) is 3.61. The maximum Gasteiger partial charge on any atom is 0.261 e. The smallest absolute Gasteiger partial charge is 0.261 e. The van der Waals surface area contributed by atoms with E-state index in [9.17, 15) is 4.79 Å². The number of aliphatic hydroxyl groups excluding tert-OH is 1. The van der Waals surface area contributed by atoms with Crippen molar-refractivity contribution >= 4 is 17.2 Å². The molecular formula is C12H17NO2S. The molecule has 1 heterocycles. The number of rotatable bonds is 3.